The molecular formula is C21H29N3O2. The van der Waals surface area contributed by atoms with E-state index in [0.717, 1.165) is 17.1 Å². The molecule has 0 radical (unpaired) electrons. The quantitative estimate of drug-likeness (QED) is 0.893. The second kappa shape index (κ2) is 7.77. The number of likely N-dealkylation sites (N-methyl/N-ethyl adjacent to an activating group) is 1. The third-order valence-corrected chi connectivity index (χ3v) is 4.65. The van der Waals surface area contributed by atoms with E-state index in [4.69, 9.17) is 0 Å². The molecule has 1 aromatic heterocycles. The molecule has 1 N–H and O–H groups in total. The minimum absolute atomic E-state index is 0.128. The monoisotopic (exact) mass is 355 g/mol. The van der Waals surface area contributed by atoms with Crippen molar-refractivity contribution in [3.8, 4) is 5.69 Å². The van der Waals surface area contributed by atoms with E-state index in [9.17, 15) is 9.59 Å². The fourth-order valence-corrected chi connectivity index (χ4v) is 3.12. The SMILES string of the molecule is Cc1cc(C(=O)N[C@@H](C)C(=O)N(C)C)c(C)n1-c1ccc(C(C)C)cc1. The lowest BCUT2D eigenvalue weighted by Gasteiger charge is -2.18. The van der Waals surface area contributed by atoms with Crippen molar-refractivity contribution >= 4 is 11.8 Å². The molecule has 0 saturated carbocycles. The van der Waals surface area contributed by atoms with Gasteiger partial charge in [-0.05, 0) is 50.5 Å². The molecule has 1 aromatic carbocycles. The van der Waals surface area contributed by atoms with Crippen LogP contribution >= 0.6 is 0 Å². The molecule has 1 atom stereocenters. The van der Waals surface area contributed by atoms with Crippen molar-refractivity contribution < 1.29 is 9.59 Å². The van der Waals surface area contributed by atoms with Crippen molar-refractivity contribution in [2.24, 2.45) is 0 Å². The Morgan fingerprint density at radius 2 is 1.62 bits per heavy atom. The Morgan fingerprint density at radius 1 is 1.04 bits per heavy atom. The van der Waals surface area contributed by atoms with E-state index in [-0.39, 0.29) is 11.8 Å². The van der Waals surface area contributed by atoms with E-state index >= 15 is 0 Å². The van der Waals surface area contributed by atoms with Crippen molar-refractivity contribution in [2.45, 2.75) is 46.6 Å². The van der Waals surface area contributed by atoms with Crippen LogP contribution in [-0.4, -0.2) is 41.4 Å². The van der Waals surface area contributed by atoms with Crippen LogP contribution in [0.25, 0.3) is 5.69 Å². The number of benzene rings is 1. The molecule has 1 heterocycles. The first-order chi connectivity index (χ1) is 12.1. The summed E-state index contributed by atoms with van der Waals surface area (Å²) in [5.41, 5.74) is 4.75. The van der Waals surface area contributed by atoms with Crippen LogP contribution in [0.15, 0.2) is 30.3 Å². The maximum Gasteiger partial charge on any atom is 0.253 e. The van der Waals surface area contributed by atoms with E-state index in [0.29, 0.717) is 11.5 Å². The van der Waals surface area contributed by atoms with Gasteiger partial charge < -0.3 is 14.8 Å². The van der Waals surface area contributed by atoms with E-state index in [1.165, 1.54) is 10.5 Å². The molecule has 5 heteroatoms. The van der Waals surface area contributed by atoms with E-state index < -0.39 is 6.04 Å². The van der Waals surface area contributed by atoms with Crippen LogP contribution in [0.2, 0.25) is 0 Å². The van der Waals surface area contributed by atoms with E-state index in [2.05, 4.69) is 48.0 Å². The van der Waals surface area contributed by atoms with Crippen LogP contribution in [0.3, 0.4) is 0 Å². The molecule has 0 aliphatic rings. The Bertz CT molecular complexity index is 801. The summed E-state index contributed by atoms with van der Waals surface area (Å²) in [6.45, 7) is 9.94. The summed E-state index contributed by atoms with van der Waals surface area (Å²) in [7, 11) is 3.36. The minimum atomic E-state index is -0.564. The molecule has 0 saturated heterocycles. The summed E-state index contributed by atoms with van der Waals surface area (Å²) < 4.78 is 2.07. The smallest absolute Gasteiger partial charge is 0.253 e. The number of aromatic nitrogens is 1. The van der Waals surface area contributed by atoms with Crippen LogP contribution in [0.5, 0.6) is 0 Å². The highest BCUT2D eigenvalue weighted by atomic mass is 16.2. The van der Waals surface area contributed by atoms with Crippen LogP contribution in [-0.2, 0) is 4.79 Å². The number of nitrogens with zero attached hydrogens (tertiary/aromatic N) is 2. The highest BCUT2D eigenvalue weighted by Gasteiger charge is 2.21. The van der Waals surface area contributed by atoms with E-state index in [1.54, 1.807) is 21.0 Å². The maximum atomic E-state index is 12.6. The van der Waals surface area contributed by atoms with Crippen molar-refractivity contribution in [3.05, 3.63) is 52.8 Å². The van der Waals surface area contributed by atoms with Gasteiger partial charge in [-0.15, -0.1) is 0 Å². The van der Waals surface area contributed by atoms with Gasteiger partial charge >= 0.3 is 0 Å². The van der Waals surface area contributed by atoms with Gasteiger partial charge in [0, 0.05) is 31.2 Å². The molecule has 140 valence electrons. The Balaban J connectivity index is 2.29. The predicted octanol–water partition coefficient (Wildman–Crippen LogP) is 3.42. The highest BCUT2D eigenvalue weighted by Crippen LogP contribution is 2.23. The largest absolute Gasteiger partial charge is 0.347 e. The standard InChI is InChI=1S/C21H29N3O2/c1-13(2)17-8-10-18(11-9-17)24-14(3)12-19(16(24)5)20(25)22-15(4)21(26)23(6)7/h8-13,15H,1-7H3,(H,22,25)/t15-/m0/s1. The Hall–Kier alpha value is -2.56. The van der Waals surface area contributed by atoms with Gasteiger partial charge in [-0.1, -0.05) is 26.0 Å². The highest BCUT2D eigenvalue weighted by molar-refractivity contribution is 5.98. The average Bonchev–Trinajstić information content (AvgIpc) is 2.88. The maximum absolute atomic E-state index is 12.6. The zero-order valence-electron chi connectivity index (χ0n) is 16.8. The van der Waals surface area contributed by atoms with Gasteiger partial charge in [0.25, 0.3) is 5.91 Å². The molecule has 2 aromatic rings. The van der Waals surface area contributed by atoms with Gasteiger partial charge in [-0.2, -0.15) is 0 Å². The fraction of sp³-hybridized carbons (Fsp3) is 0.429. The number of rotatable bonds is 5. The van der Waals surface area contributed by atoms with Gasteiger partial charge in [0.1, 0.15) is 6.04 Å². The molecule has 0 spiro atoms. The Morgan fingerprint density at radius 3 is 2.12 bits per heavy atom. The van der Waals surface area contributed by atoms with Crippen LogP contribution in [0.4, 0.5) is 0 Å². The number of carbonyl (C=O) groups excluding carboxylic acids is 2. The Kier molecular flexibility index (Phi) is 5.90. The van der Waals surface area contributed by atoms with Gasteiger partial charge in [0.15, 0.2) is 0 Å². The van der Waals surface area contributed by atoms with Crippen molar-refractivity contribution in [2.75, 3.05) is 14.1 Å². The summed E-state index contributed by atoms with van der Waals surface area (Å²) in [4.78, 5) is 26.1. The summed E-state index contributed by atoms with van der Waals surface area (Å²) in [5.74, 6) is 0.121. The zero-order valence-corrected chi connectivity index (χ0v) is 16.8. The van der Waals surface area contributed by atoms with E-state index in [1.807, 2.05) is 19.9 Å². The number of carbonyl (C=O) groups is 2. The summed E-state index contributed by atoms with van der Waals surface area (Å²) in [6.07, 6.45) is 0. The third kappa shape index (κ3) is 3.98. The molecule has 5 nitrogen and oxygen atoms in total. The first-order valence-corrected chi connectivity index (χ1v) is 8.94. The first kappa shape index (κ1) is 19.8. The van der Waals surface area contributed by atoms with Crippen LogP contribution in [0, 0.1) is 13.8 Å². The van der Waals surface area contributed by atoms with Crippen molar-refractivity contribution in [3.63, 3.8) is 0 Å². The predicted molar refractivity (Wildman–Crippen MR) is 105 cm³/mol. The van der Waals surface area contributed by atoms with Gasteiger partial charge in [0.2, 0.25) is 5.91 Å². The molecule has 2 amide bonds. The summed E-state index contributed by atoms with van der Waals surface area (Å²) in [5, 5.41) is 2.79. The Labute approximate surface area is 156 Å². The van der Waals surface area contributed by atoms with Crippen molar-refractivity contribution in [1.29, 1.82) is 0 Å². The summed E-state index contributed by atoms with van der Waals surface area (Å²) >= 11 is 0. The van der Waals surface area contributed by atoms with Gasteiger partial charge in [0.05, 0.1) is 5.56 Å². The van der Waals surface area contributed by atoms with Crippen LogP contribution < -0.4 is 5.32 Å². The lowest BCUT2D eigenvalue weighted by Crippen LogP contribution is -2.44. The minimum Gasteiger partial charge on any atom is -0.347 e. The molecular weight excluding hydrogens is 326 g/mol. The second-order valence-corrected chi connectivity index (χ2v) is 7.29. The number of hydrogen-bond acceptors (Lipinski definition) is 2. The van der Waals surface area contributed by atoms with Crippen LogP contribution in [0.1, 0.15) is 54.0 Å². The lowest BCUT2D eigenvalue weighted by atomic mass is 10.0. The molecule has 0 fully saturated rings. The molecule has 0 unspecified atom stereocenters. The second-order valence-electron chi connectivity index (χ2n) is 7.29. The summed E-state index contributed by atoms with van der Waals surface area (Å²) in [6, 6.07) is 9.71. The molecule has 2 rings (SSSR count). The number of amides is 2. The molecule has 26 heavy (non-hydrogen) atoms. The lowest BCUT2D eigenvalue weighted by molar-refractivity contribution is -0.130. The topological polar surface area (TPSA) is 54.3 Å². The zero-order chi connectivity index (χ0) is 19.6. The fourth-order valence-electron chi connectivity index (χ4n) is 3.12. The number of nitrogens with one attached hydrogen (secondary N) is 1. The molecule has 0 aliphatic heterocycles. The van der Waals surface area contributed by atoms with Gasteiger partial charge in [-0.25, -0.2) is 0 Å². The van der Waals surface area contributed by atoms with Gasteiger partial charge in [-0.3, -0.25) is 9.59 Å². The molecule has 0 aliphatic carbocycles. The third-order valence-electron chi connectivity index (χ3n) is 4.65. The number of hydrogen-bond donors (Lipinski definition) is 1. The van der Waals surface area contributed by atoms with Crippen molar-refractivity contribution in [1.82, 2.24) is 14.8 Å². The average molecular weight is 355 g/mol. The molecule has 0 bridgehead atoms. The number of aryl methyl sites for hydroxylation is 1. The normalized spacial score (nSPS) is 12.2. The first-order valence-electron chi connectivity index (χ1n) is 8.94.